The molecule has 1 aromatic carbocycles. The molecule has 0 aliphatic carbocycles. The van der Waals surface area contributed by atoms with Gasteiger partial charge >= 0.3 is 0 Å². The lowest BCUT2D eigenvalue weighted by atomic mass is 10.1. The number of hydrogen-bond donors (Lipinski definition) is 1. The Hall–Kier alpha value is -1.81. The summed E-state index contributed by atoms with van der Waals surface area (Å²) in [6.45, 7) is 2.13. The van der Waals surface area contributed by atoms with Crippen LogP contribution in [0, 0.1) is 0 Å². The maximum Gasteiger partial charge on any atom is 0.296 e. The van der Waals surface area contributed by atoms with Crippen LogP contribution in [0.15, 0.2) is 23.1 Å². The molecule has 27 heavy (non-hydrogen) atoms. The molecular weight excluding hydrogens is 372 g/mol. The van der Waals surface area contributed by atoms with Crippen molar-refractivity contribution in [3.63, 3.8) is 0 Å². The van der Waals surface area contributed by atoms with Gasteiger partial charge in [-0.05, 0) is 43.9 Å². The van der Waals surface area contributed by atoms with Crippen LogP contribution in [0.2, 0.25) is 0 Å². The van der Waals surface area contributed by atoms with E-state index >= 15 is 0 Å². The molecule has 1 N–H and O–H groups in total. The fourth-order valence-electron chi connectivity index (χ4n) is 3.80. The van der Waals surface area contributed by atoms with E-state index in [2.05, 4.69) is 5.32 Å². The minimum Gasteiger partial charge on any atom is -0.381 e. The van der Waals surface area contributed by atoms with Crippen molar-refractivity contribution in [2.45, 2.75) is 42.7 Å². The number of fused-ring (bicyclic) bond motifs is 1. The molecule has 1 atom stereocenters. The number of rotatable bonds is 5. The van der Waals surface area contributed by atoms with E-state index in [1.54, 1.807) is 0 Å². The highest BCUT2D eigenvalue weighted by atomic mass is 32.2. The SMILES string of the molecule is O=C1Nc2ccc(S(=O)(=O)N3CCC[C@H]3COC3CCOCC3)cc2C1=O. The number of nitrogens with zero attached hydrogens (tertiary/aromatic N) is 1. The molecular formula is C18H22N2O6S. The van der Waals surface area contributed by atoms with E-state index in [1.165, 1.54) is 22.5 Å². The van der Waals surface area contributed by atoms with E-state index < -0.39 is 21.7 Å². The number of nitrogens with one attached hydrogen (secondary N) is 1. The third-order valence-corrected chi connectivity index (χ3v) is 7.26. The van der Waals surface area contributed by atoms with Crippen LogP contribution < -0.4 is 5.32 Å². The van der Waals surface area contributed by atoms with Crippen LogP contribution in [0.4, 0.5) is 5.69 Å². The van der Waals surface area contributed by atoms with Gasteiger partial charge in [0.05, 0.1) is 28.9 Å². The smallest absolute Gasteiger partial charge is 0.296 e. The largest absolute Gasteiger partial charge is 0.381 e. The number of anilines is 1. The Morgan fingerprint density at radius 2 is 1.96 bits per heavy atom. The molecule has 146 valence electrons. The lowest BCUT2D eigenvalue weighted by molar-refractivity contribution is -0.112. The van der Waals surface area contributed by atoms with Crippen molar-refractivity contribution in [2.24, 2.45) is 0 Å². The summed E-state index contributed by atoms with van der Waals surface area (Å²) in [4.78, 5) is 23.4. The number of Topliss-reactive ketones (excluding diaryl/α,β-unsaturated/α-hetero) is 1. The molecule has 1 amide bonds. The van der Waals surface area contributed by atoms with Crippen molar-refractivity contribution in [1.82, 2.24) is 4.31 Å². The second-order valence-electron chi connectivity index (χ2n) is 7.05. The number of hydrogen-bond acceptors (Lipinski definition) is 6. The summed E-state index contributed by atoms with van der Waals surface area (Å²) in [6.07, 6.45) is 3.27. The number of ether oxygens (including phenoxy) is 2. The second-order valence-corrected chi connectivity index (χ2v) is 8.94. The first-order valence-electron chi connectivity index (χ1n) is 9.18. The van der Waals surface area contributed by atoms with Gasteiger partial charge in [-0.2, -0.15) is 4.31 Å². The zero-order valence-electron chi connectivity index (χ0n) is 14.8. The van der Waals surface area contributed by atoms with Crippen LogP contribution in [0.1, 0.15) is 36.0 Å². The van der Waals surface area contributed by atoms with Gasteiger partial charge in [0.15, 0.2) is 0 Å². The van der Waals surface area contributed by atoms with E-state index in [-0.39, 0.29) is 22.6 Å². The quantitative estimate of drug-likeness (QED) is 0.752. The zero-order valence-corrected chi connectivity index (χ0v) is 15.7. The number of ketones is 1. The maximum atomic E-state index is 13.1. The van der Waals surface area contributed by atoms with E-state index in [4.69, 9.17) is 9.47 Å². The molecule has 3 aliphatic rings. The average molecular weight is 394 g/mol. The van der Waals surface area contributed by atoms with Gasteiger partial charge in [-0.1, -0.05) is 0 Å². The summed E-state index contributed by atoms with van der Waals surface area (Å²) in [5, 5.41) is 2.43. The van der Waals surface area contributed by atoms with Crippen molar-refractivity contribution in [2.75, 3.05) is 31.7 Å². The Morgan fingerprint density at radius 1 is 1.19 bits per heavy atom. The van der Waals surface area contributed by atoms with Crippen LogP contribution in [-0.2, 0) is 24.3 Å². The molecule has 0 radical (unpaired) electrons. The van der Waals surface area contributed by atoms with Crippen molar-refractivity contribution < 1.29 is 27.5 Å². The van der Waals surface area contributed by atoms with Gasteiger partial charge in [0.1, 0.15) is 0 Å². The fraction of sp³-hybridized carbons (Fsp3) is 0.556. The van der Waals surface area contributed by atoms with Crippen LogP contribution >= 0.6 is 0 Å². The molecule has 0 unspecified atom stereocenters. The van der Waals surface area contributed by atoms with Crippen molar-refractivity contribution in [3.8, 4) is 0 Å². The predicted octanol–water partition coefficient (Wildman–Crippen LogP) is 1.17. The average Bonchev–Trinajstić information content (AvgIpc) is 3.26. The fourth-order valence-corrected chi connectivity index (χ4v) is 5.51. The molecule has 9 heteroatoms. The molecule has 1 aromatic rings. The van der Waals surface area contributed by atoms with Gasteiger partial charge in [0.2, 0.25) is 10.0 Å². The standard InChI is InChI=1S/C18H22N2O6S/c21-17-15-10-14(3-4-16(15)19-18(17)22)27(23,24)20-7-1-2-12(20)11-26-13-5-8-25-9-6-13/h3-4,10,12-13H,1-2,5-9,11H2,(H,19,21,22)/t12-/m0/s1. The maximum absolute atomic E-state index is 13.1. The molecule has 0 aromatic heterocycles. The third-order valence-electron chi connectivity index (χ3n) is 5.31. The molecule has 2 saturated heterocycles. The van der Waals surface area contributed by atoms with Crippen molar-refractivity contribution >= 4 is 27.4 Å². The van der Waals surface area contributed by atoms with Crippen molar-refractivity contribution in [1.29, 1.82) is 0 Å². The van der Waals surface area contributed by atoms with Gasteiger partial charge < -0.3 is 14.8 Å². The van der Waals surface area contributed by atoms with Crippen LogP contribution in [0.5, 0.6) is 0 Å². The first-order valence-corrected chi connectivity index (χ1v) is 10.6. The summed E-state index contributed by atoms with van der Waals surface area (Å²) in [7, 11) is -3.77. The molecule has 0 saturated carbocycles. The lowest BCUT2D eigenvalue weighted by Crippen LogP contribution is -2.39. The van der Waals surface area contributed by atoms with E-state index in [0.717, 1.165) is 25.7 Å². The Kier molecular flexibility index (Phi) is 5.02. The van der Waals surface area contributed by atoms with E-state index in [1.807, 2.05) is 0 Å². The van der Waals surface area contributed by atoms with Gasteiger partial charge in [0, 0.05) is 25.8 Å². The van der Waals surface area contributed by atoms with Crippen LogP contribution in [0.3, 0.4) is 0 Å². The lowest BCUT2D eigenvalue weighted by Gasteiger charge is -2.28. The zero-order chi connectivity index (χ0) is 19.0. The second kappa shape index (κ2) is 7.31. The van der Waals surface area contributed by atoms with Gasteiger partial charge in [0.25, 0.3) is 11.7 Å². The molecule has 3 aliphatic heterocycles. The Labute approximate surface area is 157 Å². The number of sulfonamides is 1. The number of carbonyl (C=O) groups excluding carboxylic acids is 2. The summed E-state index contributed by atoms with van der Waals surface area (Å²) in [6, 6.07) is 3.97. The highest BCUT2D eigenvalue weighted by Crippen LogP contribution is 2.31. The highest BCUT2D eigenvalue weighted by molar-refractivity contribution is 7.89. The summed E-state index contributed by atoms with van der Waals surface area (Å²) < 4.78 is 38.9. The first-order chi connectivity index (χ1) is 13.0. The van der Waals surface area contributed by atoms with Gasteiger partial charge in [-0.25, -0.2) is 8.42 Å². The summed E-state index contributed by atoms with van der Waals surface area (Å²) in [5.41, 5.74) is 0.458. The number of benzene rings is 1. The molecule has 2 fully saturated rings. The van der Waals surface area contributed by atoms with E-state index in [0.29, 0.717) is 32.1 Å². The minimum atomic E-state index is -3.77. The van der Waals surface area contributed by atoms with Gasteiger partial charge in [-0.15, -0.1) is 0 Å². The topological polar surface area (TPSA) is 102 Å². The first kappa shape index (κ1) is 18.5. The minimum absolute atomic E-state index is 0.0315. The van der Waals surface area contributed by atoms with Crippen LogP contribution in [0.25, 0.3) is 0 Å². The van der Waals surface area contributed by atoms with Crippen LogP contribution in [-0.4, -0.2) is 62.9 Å². The highest BCUT2D eigenvalue weighted by Gasteiger charge is 2.37. The van der Waals surface area contributed by atoms with Gasteiger partial charge in [-0.3, -0.25) is 9.59 Å². The predicted molar refractivity (Wildman–Crippen MR) is 96.1 cm³/mol. The molecule has 4 rings (SSSR count). The Morgan fingerprint density at radius 3 is 2.74 bits per heavy atom. The monoisotopic (exact) mass is 394 g/mol. The Balaban J connectivity index is 1.51. The summed E-state index contributed by atoms with van der Waals surface area (Å²) >= 11 is 0. The molecule has 0 bridgehead atoms. The normalized spacial score (nSPS) is 24.2. The molecule has 8 nitrogen and oxygen atoms in total. The van der Waals surface area contributed by atoms with Crippen molar-refractivity contribution in [3.05, 3.63) is 23.8 Å². The molecule has 0 spiro atoms. The Bertz CT molecular complexity index is 863. The molecule has 3 heterocycles. The number of amides is 1. The third kappa shape index (κ3) is 3.52. The summed E-state index contributed by atoms with van der Waals surface area (Å²) in [5.74, 6) is -1.44. The number of carbonyl (C=O) groups is 2. The van der Waals surface area contributed by atoms with E-state index in [9.17, 15) is 18.0 Å².